The Morgan fingerprint density at radius 2 is 1.67 bits per heavy atom. The zero-order chi connectivity index (χ0) is 13.7. The fraction of sp³-hybridized carbons (Fsp3) is 0.562. The number of nitrogens with one attached hydrogen (secondary N) is 1. The smallest absolute Gasteiger partial charge is 0.179 e. The van der Waals surface area contributed by atoms with Crippen LogP contribution in [0.4, 0.5) is 0 Å². The quantitative estimate of drug-likeness (QED) is 0.778. The standard InChI is InChI=1S/C16H25NO/c1-6-17-15(12(4)5)16(18)14-9-7-13(8-10-14)11(2)3/h7-12,15,17H,6H2,1-5H3. The molecule has 0 heterocycles. The van der Waals surface area contributed by atoms with Gasteiger partial charge in [-0.25, -0.2) is 0 Å². The molecule has 0 fully saturated rings. The van der Waals surface area contributed by atoms with E-state index < -0.39 is 0 Å². The van der Waals surface area contributed by atoms with Crippen molar-refractivity contribution in [3.05, 3.63) is 35.4 Å². The Morgan fingerprint density at radius 1 is 1.11 bits per heavy atom. The van der Waals surface area contributed by atoms with Gasteiger partial charge in [0.2, 0.25) is 0 Å². The Bertz CT molecular complexity index is 379. The van der Waals surface area contributed by atoms with Gasteiger partial charge in [-0.2, -0.15) is 0 Å². The normalized spacial score (nSPS) is 13.1. The highest BCUT2D eigenvalue weighted by Gasteiger charge is 2.22. The lowest BCUT2D eigenvalue weighted by atomic mass is 9.93. The molecule has 0 radical (unpaired) electrons. The second-order valence-electron chi connectivity index (χ2n) is 5.42. The van der Waals surface area contributed by atoms with Crippen molar-refractivity contribution < 1.29 is 4.79 Å². The molecule has 2 nitrogen and oxygen atoms in total. The molecule has 0 spiro atoms. The van der Waals surface area contributed by atoms with Gasteiger partial charge in [-0.1, -0.05) is 58.9 Å². The van der Waals surface area contributed by atoms with Crippen molar-refractivity contribution in [2.24, 2.45) is 5.92 Å². The number of ketones is 1. The van der Waals surface area contributed by atoms with Gasteiger partial charge in [0.15, 0.2) is 5.78 Å². The van der Waals surface area contributed by atoms with E-state index in [-0.39, 0.29) is 11.8 Å². The van der Waals surface area contributed by atoms with Gasteiger partial charge < -0.3 is 5.32 Å². The van der Waals surface area contributed by atoms with Gasteiger partial charge >= 0.3 is 0 Å². The highest BCUT2D eigenvalue weighted by molar-refractivity contribution is 6.00. The topological polar surface area (TPSA) is 29.1 Å². The maximum absolute atomic E-state index is 12.4. The molecule has 100 valence electrons. The van der Waals surface area contributed by atoms with Crippen LogP contribution < -0.4 is 5.32 Å². The second-order valence-corrected chi connectivity index (χ2v) is 5.42. The predicted molar refractivity (Wildman–Crippen MR) is 77.2 cm³/mol. The molecule has 1 rings (SSSR count). The van der Waals surface area contributed by atoms with Crippen LogP contribution in [0.5, 0.6) is 0 Å². The van der Waals surface area contributed by atoms with Crippen LogP contribution in [0, 0.1) is 5.92 Å². The Labute approximate surface area is 111 Å². The largest absolute Gasteiger partial charge is 0.307 e. The Morgan fingerprint density at radius 3 is 2.06 bits per heavy atom. The summed E-state index contributed by atoms with van der Waals surface area (Å²) in [5.74, 6) is 1.01. The van der Waals surface area contributed by atoms with Gasteiger partial charge in [-0.05, 0) is 23.9 Å². The molecule has 0 bridgehead atoms. The molecule has 1 aromatic carbocycles. The molecular weight excluding hydrogens is 222 g/mol. The molecule has 2 heteroatoms. The number of carbonyl (C=O) groups is 1. The van der Waals surface area contributed by atoms with Crippen LogP contribution in [-0.2, 0) is 0 Å². The summed E-state index contributed by atoms with van der Waals surface area (Å²) in [5, 5.41) is 3.27. The minimum Gasteiger partial charge on any atom is -0.307 e. The van der Waals surface area contributed by atoms with Gasteiger partial charge in [0.25, 0.3) is 0 Å². The Kier molecular flexibility index (Phi) is 5.54. The summed E-state index contributed by atoms with van der Waals surface area (Å²) >= 11 is 0. The summed E-state index contributed by atoms with van der Waals surface area (Å²) in [6, 6.07) is 7.93. The van der Waals surface area contributed by atoms with E-state index in [0.29, 0.717) is 11.8 Å². The molecule has 1 unspecified atom stereocenters. The number of rotatable bonds is 6. The second kappa shape index (κ2) is 6.69. The lowest BCUT2D eigenvalue weighted by molar-refractivity contribution is 0.0918. The number of hydrogen-bond donors (Lipinski definition) is 1. The number of likely N-dealkylation sites (N-methyl/N-ethyl adjacent to an activating group) is 1. The van der Waals surface area contributed by atoms with Crippen molar-refractivity contribution in [2.45, 2.75) is 46.6 Å². The fourth-order valence-corrected chi connectivity index (χ4v) is 2.06. The van der Waals surface area contributed by atoms with Crippen LogP contribution in [0.25, 0.3) is 0 Å². The van der Waals surface area contributed by atoms with E-state index in [9.17, 15) is 4.79 Å². The Hall–Kier alpha value is -1.15. The van der Waals surface area contributed by atoms with Gasteiger partial charge in [0.1, 0.15) is 0 Å². The maximum Gasteiger partial charge on any atom is 0.179 e. The van der Waals surface area contributed by atoms with E-state index in [1.165, 1.54) is 5.56 Å². The molecule has 0 aliphatic heterocycles. The fourth-order valence-electron chi connectivity index (χ4n) is 2.06. The third-order valence-corrected chi connectivity index (χ3v) is 3.24. The van der Waals surface area contributed by atoms with Crippen molar-refractivity contribution in [1.82, 2.24) is 5.32 Å². The highest BCUT2D eigenvalue weighted by atomic mass is 16.1. The first-order chi connectivity index (χ1) is 8.47. The number of carbonyl (C=O) groups excluding carboxylic acids is 1. The molecule has 1 atom stereocenters. The van der Waals surface area contributed by atoms with Crippen molar-refractivity contribution in [1.29, 1.82) is 0 Å². The maximum atomic E-state index is 12.4. The first-order valence-corrected chi connectivity index (χ1v) is 6.84. The molecule has 0 aliphatic carbocycles. The van der Waals surface area contributed by atoms with Crippen LogP contribution in [0.15, 0.2) is 24.3 Å². The summed E-state index contributed by atoms with van der Waals surface area (Å²) in [7, 11) is 0. The summed E-state index contributed by atoms with van der Waals surface area (Å²) in [6.07, 6.45) is 0. The van der Waals surface area contributed by atoms with Crippen LogP contribution in [-0.4, -0.2) is 18.4 Å². The third kappa shape index (κ3) is 3.67. The van der Waals surface area contributed by atoms with Crippen LogP contribution >= 0.6 is 0 Å². The minimum atomic E-state index is -0.0834. The molecule has 0 aliphatic rings. The van der Waals surface area contributed by atoms with E-state index in [4.69, 9.17) is 0 Å². The van der Waals surface area contributed by atoms with Gasteiger partial charge in [0.05, 0.1) is 6.04 Å². The Balaban J connectivity index is 2.88. The van der Waals surface area contributed by atoms with Crippen molar-refractivity contribution in [3.63, 3.8) is 0 Å². The number of Topliss-reactive ketones (excluding diaryl/α,β-unsaturated/α-hetero) is 1. The van der Waals surface area contributed by atoms with Gasteiger partial charge in [0, 0.05) is 5.56 Å². The van der Waals surface area contributed by atoms with Crippen LogP contribution in [0.3, 0.4) is 0 Å². The lowest BCUT2D eigenvalue weighted by Crippen LogP contribution is -2.40. The van der Waals surface area contributed by atoms with Crippen LogP contribution in [0.1, 0.15) is 56.5 Å². The first-order valence-electron chi connectivity index (χ1n) is 6.84. The molecule has 0 amide bonds. The molecule has 1 N–H and O–H groups in total. The van der Waals surface area contributed by atoms with Crippen molar-refractivity contribution in [2.75, 3.05) is 6.54 Å². The lowest BCUT2D eigenvalue weighted by Gasteiger charge is -2.20. The summed E-state index contributed by atoms with van der Waals surface area (Å²) in [5.41, 5.74) is 2.08. The van der Waals surface area contributed by atoms with E-state index in [1.807, 2.05) is 19.1 Å². The average Bonchev–Trinajstić information content (AvgIpc) is 2.35. The molecule has 1 aromatic rings. The van der Waals surface area contributed by atoms with E-state index in [2.05, 4.69) is 45.1 Å². The minimum absolute atomic E-state index is 0.0834. The summed E-state index contributed by atoms with van der Waals surface area (Å²) in [6.45, 7) is 11.3. The average molecular weight is 247 g/mol. The zero-order valence-corrected chi connectivity index (χ0v) is 12.2. The van der Waals surface area contributed by atoms with E-state index in [1.54, 1.807) is 0 Å². The van der Waals surface area contributed by atoms with Gasteiger partial charge in [-0.3, -0.25) is 4.79 Å². The number of benzene rings is 1. The molecule has 0 saturated heterocycles. The number of hydrogen-bond acceptors (Lipinski definition) is 2. The SMILES string of the molecule is CCNC(C(=O)c1ccc(C(C)C)cc1)C(C)C. The van der Waals surface area contributed by atoms with Crippen molar-refractivity contribution in [3.8, 4) is 0 Å². The van der Waals surface area contributed by atoms with Gasteiger partial charge in [-0.15, -0.1) is 0 Å². The molecule has 0 aromatic heterocycles. The first kappa shape index (κ1) is 14.9. The molecule has 0 saturated carbocycles. The summed E-state index contributed by atoms with van der Waals surface area (Å²) < 4.78 is 0. The highest BCUT2D eigenvalue weighted by Crippen LogP contribution is 2.17. The van der Waals surface area contributed by atoms with Crippen LogP contribution in [0.2, 0.25) is 0 Å². The van der Waals surface area contributed by atoms with E-state index in [0.717, 1.165) is 12.1 Å². The van der Waals surface area contributed by atoms with E-state index >= 15 is 0 Å². The monoisotopic (exact) mass is 247 g/mol. The summed E-state index contributed by atoms with van der Waals surface area (Å²) in [4.78, 5) is 12.4. The molecular formula is C16H25NO. The van der Waals surface area contributed by atoms with Crippen molar-refractivity contribution >= 4 is 5.78 Å². The zero-order valence-electron chi connectivity index (χ0n) is 12.2. The molecule has 18 heavy (non-hydrogen) atoms. The predicted octanol–water partition coefficient (Wildman–Crippen LogP) is 3.63. The third-order valence-electron chi connectivity index (χ3n) is 3.24.